The minimum atomic E-state index is -2.84. The first-order valence-corrected chi connectivity index (χ1v) is 4.17. The SMILES string of the molecule is COC(=O)c1cnc(C(F)F)c(N)c1Cl. The van der Waals surface area contributed by atoms with E-state index >= 15 is 0 Å². The van der Waals surface area contributed by atoms with Crippen LogP contribution in [0.25, 0.3) is 0 Å². The van der Waals surface area contributed by atoms with Crippen LogP contribution in [-0.4, -0.2) is 18.1 Å². The van der Waals surface area contributed by atoms with Crippen molar-refractivity contribution < 1.29 is 18.3 Å². The number of alkyl halides is 2. The fourth-order valence-electron chi connectivity index (χ4n) is 0.944. The lowest BCUT2D eigenvalue weighted by molar-refractivity contribution is 0.0600. The van der Waals surface area contributed by atoms with Gasteiger partial charge in [-0.3, -0.25) is 4.98 Å². The molecule has 0 amide bonds. The number of hydrogen-bond acceptors (Lipinski definition) is 4. The van der Waals surface area contributed by atoms with Crippen molar-refractivity contribution in [1.29, 1.82) is 0 Å². The number of nitrogens with two attached hydrogens (primary N) is 1. The molecule has 4 nitrogen and oxygen atoms in total. The largest absolute Gasteiger partial charge is 0.465 e. The molecule has 0 saturated carbocycles. The molecule has 15 heavy (non-hydrogen) atoms. The fraction of sp³-hybridized carbons (Fsp3) is 0.250. The lowest BCUT2D eigenvalue weighted by atomic mass is 10.2. The van der Waals surface area contributed by atoms with E-state index in [0.717, 1.165) is 13.3 Å². The Hall–Kier alpha value is -1.43. The summed E-state index contributed by atoms with van der Waals surface area (Å²) in [6.45, 7) is 0. The summed E-state index contributed by atoms with van der Waals surface area (Å²) in [7, 11) is 1.13. The van der Waals surface area contributed by atoms with Gasteiger partial charge in [0.1, 0.15) is 5.69 Å². The number of carbonyl (C=O) groups excluding carboxylic acids is 1. The molecule has 1 heterocycles. The Morgan fingerprint density at radius 2 is 2.27 bits per heavy atom. The zero-order chi connectivity index (χ0) is 11.6. The number of methoxy groups -OCH3 is 1. The third-order valence-electron chi connectivity index (χ3n) is 1.69. The maximum atomic E-state index is 12.3. The number of aromatic nitrogens is 1. The molecule has 7 heteroatoms. The molecule has 0 bridgehead atoms. The lowest BCUT2D eigenvalue weighted by Gasteiger charge is -2.08. The minimum Gasteiger partial charge on any atom is -0.465 e. The van der Waals surface area contributed by atoms with Crippen LogP contribution in [0.5, 0.6) is 0 Å². The second-order valence-corrected chi connectivity index (χ2v) is 2.96. The van der Waals surface area contributed by atoms with Crippen LogP contribution in [0.1, 0.15) is 22.5 Å². The van der Waals surface area contributed by atoms with Crippen molar-refractivity contribution in [3.05, 3.63) is 22.5 Å². The zero-order valence-corrected chi connectivity index (χ0v) is 8.39. The van der Waals surface area contributed by atoms with Gasteiger partial charge in [-0.15, -0.1) is 0 Å². The van der Waals surface area contributed by atoms with Crippen LogP contribution in [-0.2, 0) is 4.74 Å². The standard InChI is InChI=1S/C8H7ClF2N2O2/c1-15-8(14)3-2-13-6(7(10)11)5(12)4(3)9/h2,7H,12H2,1H3. The highest BCUT2D eigenvalue weighted by atomic mass is 35.5. The smallest absolute Gasteiger partial charge is 0.341 e. The predicted molar refractivity (Wildman–Crippen MR) is 50.0 cm³/mol. The van der Waals surface area contributed by atoms with Crippen molar-refractivity contribution in [3.8, 4) is 0 Å². The third kappa shape index (κ3) is 2.15. The highest BCUT2D eigenvalue weighted by Gasteiger charge is 2.21. The predicted octanol–water partition coefficient (Wildman–Crippen LogP) is 2.04. The van der Waals surface area contributed by atoms with Gasteiger partial charge in [-0.05, 0) is 0 Å². The Morgan fingerprint density at radius 1 is 1.67 bits per heavy atom. The van der Waals surface area contributed by atoms with E-state index in [1.165, 1.54) is 0 Å². The highest BCUT2D eigenvalue weighted by molar-refractivity contribution is 6.36. The molecule has 1 aromatic rings. The topological polar surface area (TPSA) is 65.2 Å². The lowest BCUT2D eigenvalue weighted by Crippen LogP contribution is -2.08. The van der Waals surface area contributed by atoms with E-state index in [4.69, 9.17) is 17.3 Å². The van der Waals surface area contributed by atoms with E-state index in [1.54, 1.807) is 0 Å². The molecule has 82 valence electrons. The number of hydrogen-bond donors (Lipinski definition) is 1. The Morgan fingerprint density at radius 3 is 2.73 bits per heavy atom. The molecule has 0 aromatic carbocycles. The van der Waals surface area contributed by atoms with E-state index in [1.807, 2.05) is 0 Å². The van der Waals surface area contributed by atoms with Crippen molar-refractivity contribution >= 4 is 23.3 Å². The summed E-state index contributed by atoms with van der Waals surface area (Å²) in [5, 5.41) is -0.271. The second kappa shape index (κ2) is 4.39. The molecule has 0 aliphatic rings. The Balaban J connectivity index is 3.27. The summed E-state index contributed by atoms with van der Waals surface area (Å²) in [4.78, 5) is 14.4. The molecule has 2 N–H and O–H groups in total. The van der Waals surface area contributed by atoms with Crippen molar-refractivity contribution in [2.75, 3.05) is 12.8 Å². The zero-order valence-electron chi connectivity index (χ0n) is 7.63. The Labute approximate surface area is 89.0 Å². The summed E-state index contributed by atoms with van der Waals surface area (Å²) in [5.74, 6) is -0.778. The molecule has 0 fully saturated rings. The Kier molecular flexibility index (Phi) is 3.41. The number of halogens is 3. The quantitative estimate of drug-likeness (QED) is 0.798. The van der Waals surface area contributed by atoms with Crippen molar-refractivity contribution in [1.82, 2.24) is 4.98 Å². The first-order valence-electron chi connectivity index (χ1n) is 3.79. The van der Waals surface area contributed by atoms with Crippen LogP contribution in [0.3, 0.4) is 0 Å². The third-order valence-corrected chi connectivity index (χ3v) is 2.10. The molecule has 0 aliphatic carbocycles. The first kappa shape index (κ1) is 11.6. The van der Waals surface area contributed by atoms with Crippen LogP contribution in [0.15, 0.2) is 6.20 Å². The van der Waals surface area contributed by atoms with Crippen molar-refractivity contribution in [2.45, 2.75) is 6.43 Å². The maximum absolute atomic E-state index is 12.3. The average molecular weight is 237 g/mol. The van der Waals surface area contributed by atoms with E-state index in [9.17, 15) is 13.6 Å². The summed E-state index contributed by atoms with van der Waals surface area (Å²) < 4.78 is 29.0. The van der Waals surface area contributed by atoms with Gasteiger partial charge in [0.05, 0.1) is 23.4 Å². The summed E-state index contributed by atoms with van der Waals surface area (Å²) >= 11 is 5.62. The molecule has 1 rings (SSSR count). The summed E-state index contributed by atoms with van der Waals surface area (Å²) in [6, 6.07) is 0. The van der Waals surface area contributed by atoms with Crippen LogP contribution in [0.4, 0.5) is 14.5 Å². The van der Waals surface area contributed by atoms with Gasteiger partial charge in [-0.25, -0.2) is 13.6 Å². The molecule has 0 atom stereocenters. The van der Waals surface area contributed by atoms with Gasteiger partial charge in [-0.1, -0.05) is 11.6 Å². The van der Waals surface area contributed by atoms with Crippen LogP contribution < -0.4 is 5.73 Å². The van der Waals surface area contributed by atoms with Crippen molar-refractivity contribution in [3.63, 3.8) is 0 Å². The van der Waals surface area contributed by atoms with Crippen molar-refractivity contribution in [2.24, 2.45) is 0 Å². The number of anilines is 1. The number of ether oxygens (including phenoxy) is 1. The van der Waals surface area contributed by atoms with Gasteiger partial charge in [0.25, 0.3) is 6.43 Å². The van der Waals surface area contributed by atoms with Gasteiger partial charge in [0.15, 0.2) is 0 Å². The normalized spacial score (nSPS) is 10.5. The molecule has 0 unspecified atom stereocenters. The van der Waals surface area contributed by atoms with E-state index in [-0.39, 0.29) is 10.6 Å². The molecule has 0 aliphatic heterocycles. The average Bonchev–Trinajstić information content (AvgIpc) is 2.20. The second-order valence-electron chi connectivity index (χ2n) is 2.58. The summed E-state index contributed by atoms with van der Waals surface area (Å²) in [5.41, 5.74) is 4.10. The number of carbonyl (C=O) groups is 1. The number of rotatable bonds is 2. The first-order chi connectivity index (χ1) is 6.99. The number of nitrogen functional groups attached to an aromatic ring is 1. The van der Waals surface area contributed by atoms with Crippen LogP contribution >= 0.6 is 11.6 Å². The number of nitrogens with zero attached hydrogens (tertiary/aromatic N) is 1. The van der Waals surface area contributed by atoms with Gasteiger partial charge in [0, 0.05) is 6.20 Å². The Bertz CT molecular complexity index is 398. The molecule has 1 aromatic heterocycles. The van der Waals surface area contributed by atoms with Crippen LogP contribution in [0.2, 0.25) is 5.02 Å². The monoisotopic (exact) mass is 236 g/mol. The van der Waals surface area contributed by atoms with Gasteiger partial charge < -0.3 is 10.5 Å². The van der Waals surface area contributed by atoms with Gasteiger partial charge in [0.2, 0.25) is 0 Å². The van der Waals surface area contributed by atoms with Gasteiger partial charge in [-0.2, -0.15) is 0 Å². The number of pyridine rings is 1. The fourth-order valence-corrected chi connectivity index (χ4v) is 1.17. The van der Waals surface area contributed by atoms with E-state index in [0.29, 0.717) is 0 Å². The minimum absolute atomic E-state index is 0.138. The van der Waals surface area contributed by atoms with Crippen LogP contribution in [0, 0.1) is 0 Å². The van der Waals surface area contributed by atoms with E-state index < -0.39 is 23.8 Å². The van der Waals surface area contributed by atoms with Gasteiger partial charge >= 0.3 is 5.97 Å². The molecule has 0 saturated heterocycles. The molecule has 0 spiro atoms. The maximum Gasteiger partial charge on any atom is 0.341 e. The summed E-state index contributed by atoms with van der Waals surface area (Å²) in [6.07, 6.45) is -1.93. The van der Waals surface area contributed by atoms with E-state index in [2.05, 4.69) is 9.72 Å². The number of esters is 1. The molecular weight excluding hydrogens is 230 g/mol. The molecule has 0 radical (unpaired) electrons. The highest BCUT2D eigenvalue weighted by Crippen LogP contribution is 2.31. The molecular formula is C8H7ClF2N2O2.